The maximum absolute atomic E-state index is 12.0. The van der Waals surface area contributed by atoms with E-state index in [9.17, 15) is 9.90 Å². The Hall–Kier alpha value is -2.13. The van der Waals surface area contributed by atoms with E-state index in [2.05, 4.69) is 25.2 Å². The Morgan fingerprint density at radius 2 is 1.45 bits per heavy atom. The van der Waals surface area contributed by atoms with Gasteiger partial charge in [-0.2, -0.15) is 0 Å². The first-order chi connectivity index (χ1) is 14.1. The third-order valence-corrected chi connectivity index (χ3v) is 4.43. The number of unbranched alkanes of at least 4 members (excludes halogenated alkanes) is 3. The number of aliphatic hydroxyl groups is 1. The zero-order valence-corrected chi connectivity index (χ0v) is 18.6. The third kappa shape index (κ3) is 17.7. The van der Waals surface area contributed by atoms with Gasteiger partial charge >= 0.3 is 0 Å². The first-order valence-corrected chi connectivity index (χ1v) is 11.0. The van der Waals surface area contributed by atoms with Crippen LogP contribution in [0.4, 0.5) is 0 Å². The number of carbonyl (C=O) groups is 1. The molecule has 2 N–H and O–H groups in total. The van der Waals surface area contributed by atoms with E-state index in [1.54, 1.807) is 6.08 Å². The molecule has 0 spiro atoms. The minimum absolute atomic E-state index is 0.157. The minimum Gasteiger partial charge on any atom is -0.388 e. The number of rotatable bonds is 16. The van der Waals surface area contributed by atoms with E-state index < -0.39 is 5.60 Å². The highest BCUT2D eigenvalue weighted by Gasteiger charge is 2.25. The number of nitrogens with one attached hydrogen (secondary N) is 1. The average Bonchev–Trinajstić information content (AvgIpc) is 2.70. The first kappa shape index (κ1) is 26.9. The van der Waals surface area contributed by atoms with Gasteiger partial charge in [0.25, 0.3) is 0 Å². The molecule has 0 rings (SSSR count). The maximum Gasteiger partial charge on any atom is 0.244 e. The van der Waals surface area contributed by atoms with Crippen LogP contribution in [0.25, 0.3) is 0 Å². The van der Waals surface area contributed by atoms with Crippen molar-refractivity contribution < 1.29 is 9.90 Å². The highest BCUT2D eigenvalue weighted by molar-refractivity contribution is 5.87. The second-order valence-electron chi connectivity index (χ2n) is 7.24. The van der Waals surface area contributed by atoms with E-state index >= 15 is 0 Å². The zero-order chi connectivity index (χ0) is 21.6. The lowest BCUT2D eigenvalue weighted by molar-refractivity contribution is -0.118. The van der Waals surface area contributed by atoms with Crippen molar-refractivity contribution in [3.8, 4) is 0 Å². The molecule has 162 valence electrons. The summed E-state index contributed by atoms with van der Waals surface area (Å²) in [6.07, 6.45) is 30.8. The van der Waals surface area contributed by atoms with Crippen LogP contribution in [0.5, 0.6) is 0 Å². The molecule has 0 aliphatic carbocycles. The molecule has 0 aromatic heterocycles. The predicted octanol–water partition coefficient (Wildman–Crippen LogP) is 6.35. The zero-order valence-electron chi connectivity index (χ0n) is 18.6. The average molecular weight is 400 g/mol. The lowest BCUT2D eigenvalue weighted by Crippen LogP contribution is -2.42. The summed E-state index contributed by atoms with van der Waals surface area (Å²) in [6.45, 7) is 6.52. The molecular weight excluding hydrogens is 358 g/mol. The molecule has 0 bridgehead atoms. The van der Waals surface area contributed by atoms with Crippen molar-refractivity contribution in [3.05, 3.63) is 72.9 Å². The van der Waals surface area contributed by atoms with Crippen LogP contribution in [-0.4, -0.2) is 23.2 Å². The summed E-state index contributed by atoms with van der Waals surface area (Å²) in [7, 11) is 0. The Kier molecular flexibility index (Phi) is 17.8. The molecule has 0 aromatic carbocycles. The summed E-state index contributed by atoms with van der Waals surface area (Å²) in [4.78, 5) is 12.0. The van der Waals surface area contributed by atoms with Gasteiger partial charge < -0.3 is 10.4 Å². The van der Waals surface area contributed by atoms with E-state index in [0.29, 0.717) is 6.54 Å². The van der Waals surface area contributed by atoms with Crippen LogP contribution in [0.2, 0.25) is 0 Å². The van der Waals surface area contributed by atoms with Gasteiger partial charge in [0, 0.05) is 12.6 Å². The van der Waals surface area contributed by atoms with E-state index in [-0.39, 0.29) is 5.91 Å². The molecular formula is C26H41NO2. The topological polar surface area (TPSA) is 49.3 Å². The van der Waals surface area contributed by atoms with Crippen molar-refractivity contribution in [1.29, 1.82) is 0 Å². The normalized spacial score (nSPS) is 15.0. The second-order valence-corrected chi connectivity index (χ2v) is 7.24. The fraction of sp³-hybridized carbons (Fsp3) is 0.500. The summed E-state index contributed by atoms with van der Waals surface area (Å²) >= 11 is 0. The largest absolute Gasteiger partial charge is 0.388 e. The summed E-state index contributed by atoms with van der Waals surface area (Å²) < 4.78 is 0. The van der Waals surface area contributed by atoms with Crippen LogP contribution in [-0.2, 0) is 4.79 Å². The summed E-state index contributed by atoms with van der Waals surface area (Å²) in [5, 5.41) is 13.5. The lowest BCUT2D eigenvalue weighted by atomic mass is 9.91. The van der Waals surface area contributed by atoms with Crippen LogP contribution in [0, 0.1) is 0 Å². The molecule has 0 radical (unpaired) electrons. The molecule has 1 atom stereocenters. The fourth-order valence-corrected chi connectivity index (χ4v) is 2.83. The van der Waals surface area contributed by atoms with E-state index in [1.807, 2.05) is 61.6 Å². The van der Waals surface area contributed by atoms with Crippen molar-refractivity contribution in [1.82, 2.24) is 5.32 Å². The third-order valence-electron chi connectivity index (χ3n) is 4.43. The van der Waals surface area contributed by atoms with Crippen molar-refractivity contribution >= 4 is 5.91 Å². The molecule has 0 aliphatic heterocycles. The smallest absolute Gasteiger partial charge is 0.244 e. The van der Waals surface area contributed by atoms with Crippen molar-refractivity contribution in [2.45, 2.75) is 77.7 Å². The van der Waals surface area contributed by atoms with Crippen LogP contribution < -0.4 is 5.32 Å². The summed E-state index contributed by atoms with van der Waals surface area (Å²) in [5.74, 6) is -0.157. The van der Waals surface area contributed by atoms with Gasteiger partial charge in [0.1, 0.15) is 0 Å². The highest BCUT2D eigenvalue weighted by atomic mass is 16.3. The van der Waals surface area contributed by atoms with Crippen LogP contribution in [0.15, 0.2) is 72.9 Å². The molecule has 3 heteroatoms. The monoisotopic (exact) mass is 399 g/mol. The predicted molar refractivity (Wildman–Crippen MR) is 127 cm³/mol. The van der Waals surface area contributed by atoms with E-state index in [4.69, 9.17) is 0 Å². The molecule has 0 fully saturated rings. The molecule has 0 aliphatic rings. The standard InChI is InChI=1S/C26H41NO2/c1-4-7-9-10-11-12-13-14-15-16-17-18-19-21-25(28)27-24-26(29,22-6-3)23-20-8-5-2/h4,7,9-14,17-19,21,29H,5-6,8,15-16,20,22-24H2,1-3H3,(H,27,28). The lowest BCUT2D eigenvalue weighted by Gasteiger charge is -2.28. The minimum atomic E-state index is -0.785. The van der Waals surface area contributed by atoms with Gasteiger partial charge in [-0.3, -0.25) is 4.79 Å². The molecule has 0 aromatic rings. The number of hydrogen-bond donors (Lipinski definition) is 2. The van der Waals surface area contributed by atoms with Gasteiger partial charge in [-0.25, -0.2) is 0 Å². The van der Waals surface area contributed by atoms with Crippen LogP contribution in [0.3, 0.4) is 0 Å². The highest BCUT2D eigenvalue weighted by Crippen LogP contribution is 2.20. The quantitative estimate of drug-likeness (QED) is 0.180. The van der Waals surface area contributed by atoms with Gasteiger partial charge in [0.15, 0.2) is 0 Å². The Bertz CT molecular complexity index is 582. The van der Waals surface area contributed by atoms with E-state index in [0.717, 1.165) is 51.4 Å². The number of allylic oxidation sites excluding steroid dienone is 11. The van der Waals surface area contributed by atoms with Gasteiger partial charge in [0.2, 0.25) is 5.91 Å². The molecule has 1 unspecified atom stereocenters. The molecule has 1 amide bonds. The van der Waals surface area contributed by atoms with Gasteiger partial charge in [-0.15, -0.1) is 0 Å². The van der Waals surface area contributed by atoms with Crippen LogP contribution in [0.1, 0.15) is 72.1 Å². The van der Waals surface area contributed by atoms with Crippen molar-refractivity contribution in [2.24, 2.45) is 0 Å². The number of amides is 1. The van der Waals surface area contributed by atoms with Gasteiger partial charge in [-0.1, -0.05) is 106 Å². The Morgan fingerprint density at radius 1 is 0.828 bits per heavy atom. The second kappa shape index (κ2) is 19.2. The molecule has 29 heavy (non-hydrogen) atoms. The molecule has 0 saturated heterocycles. The Balaban J connectivity index is 4.08. The molecule has 3 nitrogen and oxygen atoms in total. The fourth-order valence-electron chi connectivity index (χ4n) is 2.83. The number of hydrogen-bond acceptors (Lipinski definition) is 2. The summed E-state index contributed by atoms with van der Waals surface area (Å²) in [6, 6.07) is 0. The van der Waals surface area contributed by atoms with E-state index in [1.165, 1.54) is 6.08 Å². The van der Waals surface area contributed by atoms with Crippen molar-refractivity contribution in [3.63, 3.8) is 0 Å². The van der Waals surface area contributed by atoms with Crippen molar-refractivity contribution in [2.75, 3.05) is 6.54 Å². The number of carbonyl (C=O) groups excluding carboxylic acids is 1. The Morgan fingerprint density at radius 3 is 2.07 bits per heavy atom. The maximum atomic E-state index is 12.0. The SMILES string of the molecule is CC=CC=CC=CC=CCCC=CC=CC(=O)NCC(O)(CCC)CCCCC. The van der Waals surface area contributed by atoms with Gasteiger partial charge in [-0.05, 0) is 32.6 Å². The molecule has 0 saturated carbocycles. The molecule has 0 heterocycles. The first-order valence-electron chi connectivity index (χ1n) is 11.0. The van der Waals surface area contributed by atoms with Crippen LogP contribution >= 0.6 is 0 Å². The van der Waals surface area contributed by atoms with Gasteiger partial charge in [0.05, 0.1) is 5.60 Å². The summed E-state index contributed by atoms with van der Waals surface area (Å²) in [5.41, 5.74) is -0.785. The Labute approximate surface area is 178 Å².